The third-order valence-corrected chi connectivity index (χ3v) is 7.48. The van der Waals surface area contributed by atoms with Gasteiger partial charge in [0.05, 0.1) is 17.0 Å². The number of aryl methyl sites for hydroxylation is 1. The fourth-order valence-electron chi connectivity index (χ4n) is 4.60. The molecule has 0 spiro atoms. The maximum atomic E-state index is 14.2. The second-order valence-corrected chi connectivity index (χ2v) is 10.3. The summed E-state index contributed by atoms with van der Waals surface area (Å²) >= 11 is 6.96. The maximum absolute atomic E-state index is 14.2. The van der Waals surface area contributed by atoms with Crippen molar-refractivity contribution in [3.8, 4) is 0 Å². The average molecular weight is 485 g/mol. The van der Waals surface area contributed by atoms with Crippen molar-refractivity contribution < 1.29 is 14.0 Å². The molecule has 172 valence electrons. The van der Waals surface area contributed by atoms with E-state index in [1.807, 2.05) is 6.92 Å². The third kappa shape index (κ3) is 4.22. The molecule has 2 aliphatic heterocycles. The largest absolute Gasteiger partial charge is 0.363 e. The number of thioether (sulfide) groups is 1. The number of imide groups is 1. The van der Waals surface area contributed by atoms with Gasteiger partial charge < -0.3 is 4.90 Å². The Labute approximate surface area is 203 Å². The molecule has 4 rings (SSSR count). The van der Waals surface area contributed by atoms with E-state index in [0.29, 0.717) is 4.91 Å². The number of fused-ring (bicyclic) bond motifs is 1. The van der Waals surface area contributed by atoms with Crippen molar-refractivity contribution in [2.24, 2.45) is 0 Å². The predicted molar refractivity (Wildman–Crippen MR) is 135 cm³/mol. The van der Waals surface area contributed by atoms with E-state index in [4.69, 9.17) is 11.6 Å². The van der Waals surface area contributed by atoms with Crippen molar-refractivity contribution in [2.75, 3.05) is 11.4 Å². The lowest BCUT2D eigenvalue weighted by Crippen LogP contribution is -2.44. The van der Waals surface area contributed by atoms with Gasteiger partial charge in [-0.1, -0.05) is 23.7 Å². The van der Waals surface area contributed by atoms with Crippen LogP contribution in [0, 0.1) is 12.7 Å². The highest BCUT2D eigenvalue weighted by Crippen LogP contribution is 2.41. The predicted octanol–water partition coefficient (Wildman–Crippen LogP) is 7.05. The molecule has 4 nitrogen and oxygen atoms in total. The fourth-order valence-corrected chi connectivity index (χ4v) is 5.65. The first-order valence-electron chi connectivity index (χ1n) is 10.8. The standard InChI is InChI=1S/C26H26ClFN2O2S/c1-6-30-22-10-15(2)17(11-18(22)16(3)13-26(30,4)5)12-23-24(31)29(25(32)33-23)14-19-20(27)8-7-9-21(19)28/h7-13H,6,14H2,1-5H3/b23-12+. The minimum atomic E-state index is -0.540. The van der Waals surface area contributed by atoms with Crippen molar-refractivity contribution in [1.29, 1.82) is 0 Å². The summed E-state index contributed by atoms with van der Waals surface area (Å²) in [4.78, 5) is 29.3. The van der Waals surface area contributed by atoms with Crippen LogP contribution in [0.25, 0.3) is 11.6 Å². The fraction of sp³-hybridized carbons (Fsp3) is 0.308. The molecule has 2 aromatic rings. The van der Waals surface area contributed by atoms with Crippen LogP contribution in [0.2, 0.25) is 5.02 Å². The summed E-state index contributed by atoms with van der Waals surface area (Å²) in [5.41, 5.74) is 5.40. The second-order valence-electron chi connectivity index (χ2n) is 8.92. The van der Waals surface area contributed by atoms with Gasteiger partial charge in [0, 0.05) is 28.4 Å². The third-order valence-electron chi connectivity index (χ3n) is 6.22. The first-order chi connectivity index (χ1) is 15.5. The number of anilines is 1. The van der Waals surface area contributed by atoms with Crippen LogP contribution in [0.4, 0.5) is 14.9 Å². The van der Waals surface area contributed by atoms with E-state index in [-0.39, 0.29) is 22.7 Å². The minimum absolute atomic E-state index is 0.0869. The molecule has 0 unspecified atom stereocenters. The van der Waals surface area contributed by atoms with Gasteiger partial charge in [-0.05, 0) is 93.4 Å². The van der Waals surface area contributed by atoms with Gasteiger partial charge >= 0.3 is 0 Å². The van der Waals surface area contributed by atoms with Gasteiger partial charge in [0.15, 0.2) is 0 Å². The highest BCUT2D eigenvalue weighted by molar-refractivity contribution is 8.18. The minimum Gasteiger partial charge on any atom is -0.363 e. The van der Waals surface area contributed by atoms with Crippen molar-refractivity contribution in [1.82, 2.24) is 4.90 Å². The van der Waals surface area contributed by atoms with E-state index in [2.05, 4.69) is 50.8 Å². The van der Waals surface area contributed by atoms with Gasteiger partial charge in [-0.3, -0.25) is 14.5 Å². The SMILES string of the molecule is CCN1c2cc(C)c(/C=C3/SC(=O)N(Cc4c(F)cccc4Cl)C3=O)cc2C(C)=CC1(C)C. The quantitative estimate of drug-likeness (QED) is 0.436. The smallest absolute Gasteiger partial charge is 0.293 e. The maximum Gasteiger partial charge on any atom is 0.293 e. The number of amides is 2. The van der Waals surface area contributed by atoms with Gasteiger partial charge in [-0.2, -0.15) is 0 Å². The van der Waals surface area contributed by atoms with E-state index in [9.17, 15) is 14.0 Å². The van der Waals surface area contributed by atoms with Crippen LogP contribution in [0.1, 0.15) is 49.9 Å². The molecule has 0 radical (unpaired) electrons. The number of likely N-dealkylation sites (N-methyl/N-ethyl adjacent to an activating group) is 1. The number of carbonyl (C=O) groups is 2. The molecular weight excluding hydrogens is 459 g/mol. The second kappa shape index (κ2) is 8.65. The van der Waals surface area contributed by atoms with Crippen LogP contribution < -0.4 is 4.90 Å². The molecule has 0 aromatic heterocycles. The molecule has 2 amide bonds. The molecule has 33 heavy (non-hydrogen) atoms. The van der Waals surface area contributed by atoms with Crippen LogP contribution in [-0.2, 0) is 11.3 Å². The number of rotatable bonds is 4. The average Bonchev–Trinajstić information content (AvgIpc) is 2.98. The Bertz CT molecular complexity index is 1210. The van der Waals surface area contributed by atoms with Gasteiger partial charge in [-0.15, -0.1) is 0 Å². The Morgan fingerprint density at radius 2 is 1.91 bits per heavy atom. The summed E-state index contributed by atoms with van der Waals surface area (Å²) in [5.74, 6) is -0.980. The van der Waals surface area contributed by atoms with Crippen LogP contribution in [0.5, 0.6) is 0 Å². The number of benzene rings is 2. The molecular formula is C26H26ClFN2O2S. The first-order valence-corrected chi connectivity index (χ1v) is 12.0. The number of nitrogens with zero attached hydrogens (tertiary/aromatic N) is 2. The Hall–Kier alpha value is -2.57. The Morgan fingerprint density at radius 1 is 1.18 bits per heavy atom. The van der Waals surface area contributed by atoms with Crippen LogP contribution >= 0.6 is 23.4 Å². The highest BCUT2D eigenvalue weighted by Gasteiger charge is 2.36. The molecule has 7 heteroatoms. The van der Waals surface area contributed by atoms with Crippen molar-refractivity contribution in [3.05, 3.63) is 74.4 Å². The van der Waals surface area contributed by atoms with Crippen molar-refractivity contribution >= 4 is 51.8 Å². The van der Waals surface area contributed by atoms with Gasteiger partial charge in [0.2, 0.25) is 0 Å². The van der Waals surface area contributed by atoms with Crippen LogP contribution in [0.15, 0.2) is 41.3 Å². The zero-order valence-electron chi connectivity index (χ0n) is 19.3. The zero-order chi connectivity index (χ0) is 24.1. The molecule has 0 N–H and O–H groups in total. The normalized spacial score (nSPS) is 18.8. The summed E-state index contributed by atoms with van der Waals surface area (Å²) in [6.07, 6.45) is 4.01. The summed E-state index contributed by atoms with van der Waals surface area (Å²) in [7, 11) is 0. The van der Waals surface area contributed by atoms with E-state index in [1.54, 1.807) is 12.1 Å². The molecule has 2 aliphatic rings. The molecule has 1 fully saturated rings. The lowest BCUT2D eigenvalue weighted by Gasteiger charge is -2.43. The number of carbonyl (C=O) groups excluding carboxylic acids is 2. The van der Waals surface area contributed by atoms with Crippen LogP contribution in [-0.4, -0.2) is 28.1 Å². The van der Waals surface area contributed by atoms with E-state index >= 15 is 0 Å². The zero-order valence-corrected chi connectivity index (χ0v) is 20.9. The number of hydrogen-bond donors (Lipinski definition) is 0. The van der Waals surface area contributed by atoms with E-state index in [0.717, 1.165) is 39.9 Å². The molecule has 0 bridgehead atoms. The molecule has 2 heterocycles. The van der Waals surface area contributed by atoms with E-state index < -0.39 is 17.0 Å². The van der Waals surface area contributed by atoms with Crippen molar-refractivity contribution in [2.45, 2.75) is 46.7 Å². The number of allylic oxidation sites excluding steroid dienone is 1. The summed E-state index contributed by atoms with van der Waals surface area (Å²) in [6, 6.07) is 8.53. The Kier molecular flexibility index (Phi) is 6.18. The topological polar surface area (TPSA) is 40.6 Å². The summed E-state index contributed by atoms with van der Waals surface area (Å²) < 4.78 is 14.2. The van der Waals surface area contributed by atoms with Crippen molar-refractivity contribution in [3.63, 3.8) is 0 Å². The van der Waals surface area contributed by atoms with Gasteiger partial charge in [0.1, 0.15) is 5.82 Å². The molecule has 1 saturated heterocycles. The highest BCUT2D eigenvalue weighted by atomic mass is 35.5. The van der Waals surface area contributed by atoms with E-state index in [1.165, 1.54) is 23.4 Å². The molecule has 0 aliphatic carbocycles. The van der Waals surface area contributed by atoms with Gasteiger partial charge in [-0.25, -0.2) is 4.39 Å². The number of hydrogen-bond acceptors (Lipinski definition) is 4. The van der Waals surface area contributed by atoms with Gasteiger partial charge in [0.25, 0.3) is 11.1 Å². The summed E-state index contributed by atoms with van der Waals surface area (Å²) in [5, 5.41) is -0.245. The Morgan fingerprint density at radius 3 is 2.58 bits per heavy atom. The molecule has 2 aromatic carbocycles. The number of halogens is 2. The monoisotopic (exact) mass is 484 g/mol. The Balaban J connectivity index is 1.68. The molecule has 0 atom stereocenters. The molecule has 0 saturated carbocycles. The lowest BCUT2D eigenvalue weighted by molar-refractivity contribution is -0.123. The van der Waals surface area contributed by atoms with Crippen LogP contribution in [0.3, 0.4) is 0 Å². The lowest BCUT2D eigenvalue weighted by atomic mass is 9.87. The summed E-state index contributed by atoms with van der Waals surface area (Å²) in [6.45, 7) is 11.3. The first kappa shape index (κ1) is 23.6.